The average Bonchev–Trinajstić information content (AvgIpc) is 3.30. The minimum Gasteiger partial charge on any atom is -0.387 e. The number of likely N-dealkylation sites (N-methyl/N-ethyl adjacent to an activating group) is 1. The second-order valence-corrected chi connectivity index (χ2v) is 20.0. The van der Waals surface area contributed by atoms with Gasteiger partial charge in [-0.3, -0.25) is 13.8 Å². The van der Waals surface area contributed by atoms with E-state index in [-0.39, 0.29) is 19.1 Å². The van der Waals surface area contributed by atoms with E-state index >= 15 is 0 Å². The summed E-state index contributed by atoms with van der Waals surface area (Å²) >= 11 is 0. The van der Waals surface area contributed by atoms with Crippen LogP contribution in [0.2, 0.25) is 0 Å². The first-order valence-electron chi connectivity index (χ1n) is 26.6. The molecule has 3 atom stereocenters. The highest BCUT2D eigenvalue weighted by Gasteiger charge is 2.27. The number of nitrogens with zero attached hydrogens (tertiary/aromatic N) is 1. The molecule has 0 bridgehead atoms. The lowest BCUT2D eigenvalue weighted by Crippen LogP contribution is -2.45. The molecule has 0 aromatic heterocycles. The Hall–Kier alpha value is -3.36. The lowest BCUT2D eigenvalue weighted by atomic mass is 10.0. The van der Waals surface area contributed by atoms with Crippen LogP contribution in [0, 0.1) is 0 Å². The van der Waals surface area contributed by atoms with Gasteiger partial charge in [-0.1, -0.05) is 212 Å². The van der Waals surface area contributed by atoms with Gasteiger partial charge in [0.25, 0.3) is 0 Å². The number of hydrogen-bond acceptors (Lipinski definition) is 5. The molecule has 0 aliphatic rings. The van der Waals surface area contributed by atoms with Gasteiger partial charge in [-0.25, -0.2) is 4.57 Å². The van der Waals surface area contributed by atoms with Crippen molar-refractivity contribution < 1.29 is 32.9 Å². The summed E-state index contributed by atoms with van der Waals surface area (Å²) in [6.07, 6.45) is 74.5. The smallest absolute Gasteiger partial charge is 0.387 e. The van der Waals surface area contributed by atoms with Gasteiger partial charge >= 0.3 is 7.82 Å². The number of amides is 1. The highest BCUT2D eigenvalue weighted by molar-refractivity contribution is 7.47. The Morgan fingerprint density at radius 3 is 1.34 bits per heavy atom. The first-order chi connectivity index (χ1) is 33.0. The first kappa shape index (κ1) is 64.6. The van der Waals surface area contributed by atoms with Gasteiger partial charge in [0.2, 0.25) is 5.91 Å². The fraction of sp³-hybridized carbons (Fsp3) is 0.610. The Morgan fingerprint density at radius 2 is 0.897 bits per heavy atom. The monoisotopic (exact) mass is 964 g/mol. The van der Waals surface area contributed by atoms with Crippen LogP contribution in [0.3, 0.4) is 0 Å². The number of carbonyl (C=O) groups excluding carboxylic acids is 1. The van der Waals surface area contributed by atoms with Crippen molar-refractivity contribution in [3.05, 3.63) is 134 Å². The van der Waals surface area contributed by atoms with E-state index in [9.17, 15) is 19.4 Å². The van der Waals surface area contributed by atoms with Crippen molar-refractivity contribution in [3.8, 4) is 0 Å². The molecule has 9 heteroatoms. The van der Waals surface area contributed by atoms with E-state index in [0.29, 0.717) is 17.4 Å². The fourth-order valence-electron chi connectivity index (χ4n) is 6.70. The van der Waals surface area contributed by atoms with Gasteiger partial charge in [0.05, 0.1) is 39.9 Å². The van der Waals surface area contributed by atoms with Crippen LogP contribution in [0.15, 0.2) is 134 Å². The molecule has 68 heavy (non-hydrogen) atoms. The largest absolute Gasteiger partial charge is 0.472 e. The number of aliphatic hydroxyl groups is 1. The maximum atomic E-state index is 12.8. The molecule has 0 saturated carbocycles. The molecule has 0 aliphatic carbocycles. The van der Waals surface area contributed by atoms with E-state index < -0.39 is 20.0 Å². The molecule has 0 rings (SSSR count). The molecule has 3 unspecified atom stereocenters. The van der Waals surface area contributed by atoms with Gasteiger partial charge < -0.3 is 19.8 Å². The molecule has 1 amide bonds. The third kappa shape index (κ3) is 50.5. The number of unbranched alkanes of at least 4 members (excludes halogenated alkanes) is 13. The zero-order valence-electron chi connectivity index (χ0n) is 43.8. The number of phosphoric acid groups is 1. The summed E-state index contributed by atoms with van der Waals surface area (Å²) < 4.78 is 23.4. The Morgan fingerprint density at radius 1 is 0.515 bits per heavy atom. The summed E-state index contributed by atoms with van der Waals surface area (Å²) in [4.78, 5) is 23.1. The van der Waals surface area contributed by atoms with Crippen LogP contribution >= 0.6 is 7.82 Å². The second-order valence-electron chi connectivity index (χ2n) is 18.5. The molecule has 8 nitrogen and oxygen atoms in total. The molecule has 0 heterocycles. The highest BCUT2D eigenvalue weighted by atomic mass is 31.2. The van der Waals surface area contributed by atoms with E-state index in [4.69, 9.17) is 9.05 Å². The average molecular weight is 964 g/mol. The number of quaternary nitrogens is 1. The Labute approximate surface area is 417 Å². The molecule has 0 saturated heterocycles. The number of rotatable bonds is 46. The van der Waals surface area contributed by atoms with Crippen molar-refractivity contribution in [1.82, 2.24) is 5.32 Å². The Bertz CT molecular complexity index is 1560. The lowest BCUT2D eigenvalue weighted by Gasteiger charge is -2.25. The standard InChI is InChI=1S/C59H99N2O6P/c1-6-8-10-12-14-15-16-17-18-19-20-21-22-23-24-25-26-27-28-29-30-31-32-33-34-35-36-37-38-39-40-41-42-43-44-45-47-49-51-53-59(63)60-57(58(62)52-50-48-46-13-11-9-7-2)56-67-68(64,65)66-55-54-61(3,4)5/h8,10-11,13-15,17-18,20-21,23-24,26-27,29-30,32-33,35-36,50,52,57-58,62H,6-7,9,12,16,19,22,25,28,31,34,37-49,51,53-56H2,1-5H3,(H-,60,63,64,65)/p+1/b10-8-,13-11+,15-14-,18-17-,21-20-,24-23-,27-26-,30-29-,33-32-,36-35-,52-50+. The van der Waals surface area contributed by atoms with E-state index in [1.807, 2.05) is 27.2 Å². The predicted octanol–water partition coefficient (Wildman–Crippen LogP) is 16.0. The minimum atomic E-state index is -4.35. The summed E-state index contributed by atoms with van der Waals surface area (Å²) in [5.74, 6) is -0.202. The lowest BCUT2D eigenvalue weighted by molar-refractivity contribution is -0.870. The molecule has 0 aromatic carbocycles. The quantitative estimate of drug-likeness (QED) is 0.0243. The molecule has 0 fully saturated rings. The minimum absolute atomic E-state index is 0.0487. The van der Waals surface area contributed by atoms with Gasteiger partial charge in [-0.2, -0.15) is 0 Å². The molecular weight excluding hydrogens is 864 g/mol. The van der Waals surface area contributed by atoms with Crippen molar-refractivity contribution in [2.45, 2.75) is 193 Å². The van der Waals surface area contributed by atoms with E-state index in [1.165, 1.54) is 51.4 Å². The first-order valence-corrected chi connectivity index (χ1v) is 28.1. The molecule has 0 spiro atoms. The number of phosphoric ester groups is 1. The number of hydrogen-bond donors (Lipinski definition) is 3. The topological polar surface area (TPSA) is 105 Å². The SMILES string of the molecule is CC/C=C\C/C=C\C/C=C\C/C=C\C/C=C\C/C=C\C/C=C\C/C=C\C/C=C\CCCCCCCCCCCCCC(=O)NC(COP(=O)(O)OCC[N+](C)(C)C)C(O)/C=C/CC/C=C/CCC. The van der Waals surface area contributed by atoms with Gasteiger partial charge in [0, 0.05) is 6.42 Å². The summed E-state index contributed by atoms with van der Waals surface area (Å²) in [5.41, 5.74) is 0. The highest BCUT2D eigenvalue weighted by Crippen LogP contribution is 2.43. The summed E-state index contributed by atoms with van der Waals surface area (Å²) in [6, 6.07) is -0.870. The van der Waals surface area contributed by atoms with Crippen LogP contribution in [0.25, 0.3) is 0 Å². The van der Waals surface area contributed by atoms with Gasteiger partial charge in [-0.15, -0.1) is 0 Å². The summed E-state index contributed by atoms with van der Waals surface area (Å²) in [5, 5.41) is 13.7. The molecular formula is C59H100N2O6P+. The van der Waals surface area contributed by atoms with Crippen molar-refractivity contribution in [3.63, 3.8) is 0 Å². The number of allylic oxidation sites excluding steroid dienone is 21. The van der Waals surface area contributed by atoms with Crippen LogP contribution in [0.1, 0.15) is 181 Å². The molecule has 0 aliphatic heterocycles. The van der Waals surface area contributed by atoms with Crippen LogP contribution in [-0.2, 0) is 18.4 Å². The molecule has 386 valence electrons. The molecule has 0 aromatic rings. The summed E-state index contributed by atoms with van der Waals surface area (Å²) in [6.45, 7) is 4.53. The zero-order valence-corrected chi connectivity index (χ0v) is 44.7. The van der Waals surface area contributed by atoms with Gasteiger partial charge in [0.15, 0.2) is 0 Å². The van der Waals surface area contributed by atoms with E-state index in [2.05, 4.69) is 141 Å². The number of nitrogens with one attached hydrogen (secondary N) is 1. The number of carbonyl (C=O) groups is 1. The van der Waals surface area contributed by atoms with Gasteiger partial charge in [0.1, 0.15) is 13.2 Å². The molecule has 0 radical (unpaired) electrons. The van der Waals surface area contributed by atoms with Crippen molar-refractivity contribution in [2.75, 3.05) is 40.9 Å². The van der Waals surface area contributed by atoms with Crippen LogP contribution in [0.4, 0.5) is 0 Å². The maximum Gasteiger partial charge on any atom is 0.472 e. The predicted molar refractivity (Wildman–Crippen MR) is 294 cm³/mol. The van der Waals surface area contributed by atoms with Crippen LogP contribution < -0.4 is 5.32 Å². The van der Waals surface area contributed by atoms with E-state index in [1.54, 1.807) is 6.08 Å². The second kappa shape index (κ2) is 48.7. The normalized spacial score (nSPS) is 15.1. The maximum absolute atomic E-state index is 12.8. The summed E-state index contributed by atoms with van der Waals surface area (Å²) in [7, 11) is 1.53. The number of aliphatic hydroxyl groups excluding tert-OH is 1. The fourth-order valence-corrected chi connectivity index (χ4v) is 7.44. The third-order valence-corrected chi connectivity index (χ3v) is 11.8. The van der Waals surface area contributed by atoms with Crippen LogP contribution in [-0.4, -0.2) is 73.4 Å². The van der Waals surface area contributed by atoms with Gasteiger partial charge in [-0.05, 0) is 96.3 Å². The molecule has 3 N–H and O–H groups in total. The van der Waals surface area contributed by atoms with E-state index in [0.717, 1.165) is 109 Å². The van der Waals surface area contributed by atoms with Crippen molar-refractivity contribution >= 4 is 13.7 Å². The zero-order chi connectivity index (χ0) is 49.9. The Kier molecular flexibility index (Phi) is 46.3. The Balaban J connectivity index is 3.98. The third-order valence-electron chi connectivity index (χ3n) is 10.8. The van der Waals surface area contributed by atoms with Crippen LogP contribution in [0.5, 0.6) is 0 Å². The van der Waals surface area contributed by atoms with Crippen molar-refractivity contribution in [1.29, 1.82) is 0 Å². The van der Waals surface area contributed by atoms with Crippen molar-refractivity contribution in [2.24, 2.45) is 0 Å².